The maximum Gasteiger partial charge on any atom is 0.331 e. The third kappa shape index (κ3) is 3.81. The second-order valence-electron chi connectivity index (χ2n) is 7.36. The molecule has 2 aromatic heterocycles. The minimum atomic E-state index is -0.508. The maximum atomic E-state index is 14.5. The molecule has 0 amide bonds. The first-order valence-electron chi connectivity index (χ1n) is 10.1. The average Bonchev–Trinajstić information content (AvgIpc) is 3.10. The normalized spacial score (nSPS) is 11.4. The highest BCUT2D eigenvalue weighted by Gasteiger charge is 2.21. The Morgan fingerprint density at radius 3 is 2.42 bits per heavy atom. The van der Waals surface area contributed by atoms with Crippen molar-refractivity contribution in [3.63, 3.8) is 0 Å². The summed E-state index contributed by atoms with van der Waals surface area (Å²) in [5.41, 5.74) is 1.59. The Kier molecular flexibility index (Phi) is 5.78. The highest BCUT2D eigenvalue weighted by atomic mass is 35.5. The van der Waals surface area contributed by atoms with Gasteiger partial charge in [-0.2, -0.15) is 5.10 Å². The molecule has 0 spiro atoms. The lowest BCUT2D eigenvalue weighted by Crippen LogP contribution is -2.41. The van der Waals surface area contributed by atoms with Crippen LogP contribution in [0.5, 0.6) is 0 Å². The fourth-order valence-corrected chi connectivity index (χ4v) is 4.09. The second kappa shape index (κ2) is 8.51. The van der Waals surface area contributed by atoms with Gasteiger partial charge in [0.1, 0.15) is 5.82 Å². The smallest absolute Gasteiger partial charge is 0.285 e. The van der Waals surface area contributed by atoms with Crippen molar-refractivity contribution in [2.24, 2.45) is 0 Å². The van der Waals surface area contributed by atoms with E-state index in [0.717, 1.165) is 5.56 Å². The van der Waals surface area contributed by atoms with E-state index in [4.69, 9.17) is 11.6 Å². The van der Waals surface area contributed by atoms with E-state index in [0.29, 0.717) is 29.7 Å². The van der Waals surface area contributed by atoms with Crippen molar-refractivity contribution in [1.29, 1.82) is 0 Å². The summed E-state index contributed by atoms with van der Waals surface area (Å²) in [4.78, 5) is 26.7. The van der Waals surface area contributed by atoms with E-state index < -0.39 is 17.1 Å². The van der Waals surface area contributed by atoms with Crippen LogP contribution in [-0.4, -0.2) is 18.9 Å². The van der Waals surface area contributed by atoms with Crippen LogP contribution in [-0.2, 0) is 26.1 Å². The largest absolute Gasteiger partial charge is 0.331 e. The molecule has 0 radical (unpaired) electrons. The van der Waals surface area contributed by atoms with Crippen molar-refractivity contribution < 1.29 is 4.39 Å². The standard InChI is InChI=1S/C23H22ClFN4O2/c1-3-29-21-20(15(2)26-29)28(14-17-18(24)10-7-11-19(17)25)23(31)27(22(21)30)13-12-16-8-5-4-6-9-16/h4-11H,3,12-14H2,1-2H3. The quantitative estimate of drug-likeness (QED) is 0.458. The van der Waals surface area contributed by atoms with Crippen molar-refractivity contribution in [2.75, 3.05) is 0 Å². The predicted molar refractivity (Wildman–Crippen MR) is 119 cm³/mol. The molecular formula is C23H22ClFN4O2. The van der Waals surface area contributed by atoms with Crippen LogP contribution in [0, 0.1) is 12.7 Å². The fraction of sp³-hybridized carbons (Fsp3) is 0.261. The lowest BCUT2D eigenvalue weighted by molar-refractivity contribution is 0.565. The third-order valence-electron chi connectivity index (χ3n) is 5.42. The van der Waals surface area contributed by atoms with Gasteiger partial charge in [0.25, 0.3) is 5.56 Å². The van der Waals surface area contributed by atoms with Crippen LogP contribution in [0.2, 0.25) is 5.02 Å². The number of halogens is 2. The van der Waals surface area contributed by atoms with E-state index in [9.17, 15) is 14.0 Å². The van der Waals surface area contributed by atoms with Gasteiger partial charge in [-0.1, -0.05) is 48.0 Å². The van der Waals surface area contributed by atoms with Gasteiger partial charge in [-0.3, -0.25) is 18.6 Å². The molecule has 4 rings (SSSR count). The first kappa shape index (κ1) is 21.1. The summed E-state index contributed by atoms with van der Waals surface area (Å²) < 4.78 is 18.7. The molecule has 0 aliphatic heterocycles. The molecule has 2 heterocycles. The van der Waals surface area contributed by atoms with Crippen molar-refractivity contribution in [1.82, 2.24) is 18.9 Å². The van der Waals surface area contributed by atoms with Gasteiger partial charge >= 0.3 is 5.69 Å². The summed E-state index contributed by atoms with van der Waals surface area (Å²) in [7, 11) is 0. The van der Waals surface area contributed by atoms with E-state index >= 15 is 0 Å². The topological polar surface area (TPSA) is 61.8 Å². The minimum absolute atomic E-state index is 0.0945. The van der Waals surface area contributed by atoms with Gasteiger partial charge in [-0.05, 0) is 38.0 Å². The number of nitrogens with zero attached hydrogens (tertiary/aromatic N) is 4. The van der Waals surface area contributed by atoms with Crippen LogP contribution in [0.1, 0.15) is 23.7 Å². The number of aromatic nitrogens is 4. The summed E-state index contributed by atoms with van der Waals surface area (Å²) in [6.45, 7) is 4.19. The van der Waals surface area contributed by atoms with E-state index in [-0.39, 0.29) is 23.7 Å². The number of aryl methyl sites for hydroxylation is 3. The molecule has 0 aliphatic rings. The van der Waals surface area contributed by atoms with Crippen molar-refractivity contribution in [3.05, 3.63) is 97.0 Å². The van der Waals surface area contributed by atoms with Crippen LogP contribution in [0.25, 0.3) is 11.0 Å². The van der Waals surface area contributed by atoms with E-state index in [2.05, 4.69) is 5.10 Å². The molecule has 0 fully saturated rings. The average molecular weight is 441 g/mol. The van der Waals surface area contributed by atoms with Crippen LogP contribution in [0.15, 0.2) is 58.1 Å². The summed E-state index contributed by atoms with van der Waals surface area (Å²) in [6, 6.07) is 14.0. The number of fused-ring (bicyclic) bond motifs is 1. The first-order valence-corrected chi connectivity index (χ1v) is 10.5. The molecule has 31 heavy (non-hydrogen) atoms. The van der Waals surface area contributed by atoms with Crippen LogP contribution in [0.3, 0.4) is 0 Å². The van der Waals surface area contributed by atoms with E-state index in [1.54, 1.807) is 17.7 Å². The van der Waals surface area contributed by atoms with Crippen molar-refractivity contribution in [2.45, 2.75) is 39.9 Å². The van der Waals surface area contributed by atoms with Crippen LogP contribution < -0.4 is 11.2 Å². The van der Waals surface area contributed by atoms with Crippen LogP contribution >= 0.6 is 11.6 Å². The molecule has 0 atom stereocenters. The zero-order valence-electron chi connectivity index (χ0n) is 17.3. The summed E-state index contributed by atoms with van der Waals surface area (Å²) in [5, 5.41) is 4.66. The van der Waals surface area contributed by atoms with Gasteiger partial charge in [0.2, 0.25) is 0 Å². The van der Waals surface area contributed by atoms with E-state index in [1.807, 2.05) is 37.3 Å². The van der Waals surface area contributed by atoms with Gasteiger partial charge in [-0.15, -0.1) is 0 Å². The molecule has 6 nitrogen and oxygen atoms in total. The molecular weight excluding hydrogens is 419 g/mol. The number of hydrogen-bond donors (Lipinski definition) is 0. The number of benzene rings is 2. The van der Waals surface area contributed by atoms with Crippen molar-refractivity contribution in [3.8, 4) is 0 Å². The van der Waals surface area contributed by atoms with Gasteiger partial charge in [0, 0.05) is 23.7 Å². The lowest BCUT2D eigenvalue weighted by atomic mass is 10.1. The lowest BCUT2D eigenvalue weighted by Gasteiger charge is -2.14. The molecule has 0 saturated carbocycles. The Balaban J connectivity index is 1.92. The molecule has 4 aromatic rings. The van der Waals surface area contributed by atoms with Gasteiger partial charge in [0.05, 0.1) is 17.8 Å². The zero-order valence-corrected chi connectivity index (χ0v) is 18.1. The zero-order chi connectivity index (χ0) is 22.1. The van der Waals surface area contributed by atoms with Gasteiger partial charge in [-0.25, -0.2) is 9.18 Å². The SMILES string of the molecule is CCn1nc(C)c2c1c(=O)n(CCc1ccccc1)c(=O)n2Cc1c(F)cccc1Cl. The number of hydrogen-bond acceptors (Lipinski definition) is 3. The molecule has 8 heteroatoms. The van der Waals surface area contributed by atoms with Gasteiger partial charge in [0.15, 0.2) is 5.52 Å². The molecule has 160 valence electrons. The maximum absolute atomic E-state index is 14.5. The van der Waals surface area contributed by atoms with Gasteiger partial charge < -0.3 is 0 Å². The Labute approximate surface area is 183 Å². The summed E-state index contributed by atoms with van der Waals surface area (Å²) in [5.74, 6) is -0.505. The monoisotopic (exact) mass is 440 g/mol. The highest BCUT2D eigenvalue weighted by Crippen LogP contribution is 2.22. The Bertz CT molecular complexity index is 1350. The second-order valence-corrected chi connectivity index (χ2v) is 7.77. The van der Waals surface area contributed by atoms with Crippen molar-refractivity contribution >= 4 is 22.6 Å². The Morgan fingerprint density at radius 1 is 1.00 bits per heavy atom. The molecule has 0 N–H and O–H groups in total. The molecule has 0 unspecified atom stereocenters. The molecule has 0 saturated heterocycles. The molecule has 0 aliphatic carbocycles. The van der Waals surface area contributed by atoms with Crippen LogP contribution in [0.4, 0.5) is 4.39 Å². The summed E-state index contributed by atoms with van der Waals surface area (Å²) >= 11 is 6.22. The fourth-order valence-electron chi connectivity index (χ4n) is 3.86. The Morgan fingerprint density at radius 2 is 1.74 bits per heavy atom. The predicted octanol–water partition coefficient (Wildman–Crippen LogP) is 3.77. The summed E-state index contributed by atoms with van der Waals surface area (Å²) in [6.07, 6.45) is 0.515. The highest BCUT2D eigenvalue weighted by molar-refractivity contribution is 6.31. The third-order valence-corrected chi connectivity index (χ3v) is 5.77. The molecule has 0 bridgehead atoms. The number of rotatable bonds is 6. The first-order chi connectivity index (χ1) is 14.9. The minimum Gasteiger partial charge on any atom is -0.285 e. The van der Waals surface area contributed by atoms with E-state index in [1.165, 1.54) is 21.3 Å². The Hall–Kier alpha value is -3.19. The molecule has 2 aromatic carbocycles.